The predicted molar refractivity (Wildman–Crippen MR) is 58.0 cm³/mol. The van der Waals surface area contributed by atoms with E-state index in [1.165, 1.54) is 12.1 Å². The van der Waals surface area contributed by atoms with Crippen LogP contribution in [-0.4, -0.2) is 28.0 Å². The van der Waals surface area contributed by atoms with Crippen LogP contribution in [0.4, 0.5) is 4.39 Å². The maximum Gasteiger partial charge on any atom is 0.305 e. The fourth-order valence-electron chi connectivity index (χ4n) is 1.30. The summed E-state index contributed by atoms with van der Waals surface area (Å²) >= 11 is 0. The van der Waals surface area contributed by atoms with Crippen LogP contribution in [0.15, 0.2) is 18.2 Å². The summed E-state index contributed by atoms with van der Waals surface area (Å²) in [5.74, 6) is -2.31. The maximum absolute atomic E-state index is 12.8. The van der Waals surface area contributed by atoms with Gasteiger partial charge in [0.15, 0.2) is 0 Å². The number of aromatic nitrogens is 1. The van der Waals surface area contributed by atoms with E-state index in [4.69, 9.17) is 5.11 Å². The molecular weight excluding hydrogens is 227 g/mol. The van der Waals surface area contributed by atoms with Crippen molar-refractivity contribution in [1.29, 1.82) is 0 Å². The highest BCUT2D eigenvalue weighted by Gasteiger charge is 2.16. The molecule has 1 aromatic heterocycles. The lowest BCUT2D eigenvalue weighted by Crippen LogP contribution is -2.36. The number of aliphatic carboxylic acids is 1. The second-order valence-corrected chi connectivity index (χ2v) is 3.52. The minimum Gasteiger partial charge on any atom is -0.481 e. The highest BCUT2D eigenvalue weighted by molar-refractivity contribution is 5.92. The van der Waals surface area contributed by atoms with Crippen LogP contribution in [0.3, 0.4) is 0 Å². The summed E-state index contributed by atoms with van der Waals surface area (Å²) in [6.07, 6.45) is 0.310. The van der Waals surface area contributed by atoms with Gasteiger partial charge in [-0.15, -0.1) is 0 Å². The van der Waals surface area contributed by atoms with E-state index in [9.17, 15) is 14.0 Å². The topological polar surface area (TPSA) is 79.3 Å². The van der Waals surface area contributed by atoms with Crippen molar-refractivity contribution in [3.05, 3.63) is 29.8 Å². The van der Waals surface area contributed by atoms with Crippen LogP contribution in [0.1, 0.15) is 30.3 Å². The standard InChI is InChI=1S/C11H13FN2O3/c1-2-7(6-10(15)16)13-11(17)8-4-3-5-9(12)14-8/h3-5,7H,2,6H2,1H3,(H,13,17)(H,15,16). The summed E-state index contributed by atoms with van der Waals surface area (Å²) in [5.41, 5.74) is -0.0613. The summed E-state index contributed by atoms with van der Waals surface area (Å²) in [6, 6.07) is 3.39. The van der Waals surface area contributed by atoms with E-state index in [0.29, 0.717) is 6.42 Å². The molecule has 0 aromatic carbocycles. The molecule has 1 amide bonds. The Hall–Kier alpha value is -1.98. The number of amides is 1. The molecule has 0 bridgehead atoms. The summed E-state index contributed by atoms with van der Waals surface area (Å²) in [6.45, 7) is 1.76. The third-order valence-corrected chi connectivity index (χ3v) is 2.20. The van der Waals surface area contributed by atoms with Gasteiger partial charge in [-0.1, -0.05) is 13.0 Å². The molecule has 1 unspecified atom stereocenters. The Morgan fingerprint density at radius 3 is 2.76 bits per heavy atom. The first-order valence-corrected chi connectivity index (χ1v) is 5.18. The number of hydrogen-bond acceptors (Lipinski definition) is 3. The van der Waals surface area contributed by atoms with Gasteiger partial charge in [0.1, 0.15) is 5.69 Å². The average Bonchev–Trinajstić information content (AvgIpc) is 2.27. The molecule has 0 aliphatic rings. The Morgan fingerprint density at radius 2 is 2.24 bits per heavy atom. The van der Waals surface area contributed by atoms with Crippen LogP contribution in [-0.2, 0) is 4.79 Å². The van der Waals surface area contributed by atoms with Crippen LogP contribution in [0, 0.1) is 5.95 Å². The Morgan fingerprint density at radius 1 is 1.53 bits per heavy atom. The molecule has 92 valence electrons. The van der Waals surface area contributed by atoms with E-state index in [-0.39, 0.29) is 12.1 Å². The van der Waals surface area contributed by atoms with Gasteiger partial charge in [0.25, 0.3) is 5.91 Å². The molecule has 0 spiro atoms. The van der Waals surface area contributed by atoms with Gasteiger partial charge in [0.2, 0.25) is 5.95 Å². The van der Waals surface area contributed by atoms with Gasteiger partial charge in [-0.2, -0.15) is 4.39 Å². The summed E-state index contributed by atoms with van der Waals surface area (Å²) < 4.78 is 12.8. The third kappa shape index (κ3) is 4.18. The second kappa shape index (κ2) is 5.93. The first-order valence-electron chi connectivity index (χ1n) is 5.18. The Kier molecular flexibility index (Phi) is 4.56. The monoisotopic (exact) mass is 240 g/mol. The normalized spacial score (nSPS) is 11.9. The maximum atomic E-state index is 12.8. The number of hydrogen-bond donors (Lipinski definition) is 2. The van der Waals surface area contributed by atoms with Gasteiger partial charge >= 0.3 is 5.97 Å². The van der Waals surface area contributed by atoms with Crippen LogP contribution in [0.25, 0.3) is 0 Å². The molecule has 1 aromatic rings. The Bertz CT molecular complexity index is 423. The molecule has 6 heteroatoms. The Balaban J connectivity index is 2.67. The molecule has 0 saturated heterocycles. The van der Waals surface area contributed by atoms with Crippen molar-refractivity contribution in [2.75, 3.05) is 0 Å². The van der Waals surface area contributed by atoms with Crippen molar-refractivity contribution < 1.29 is 19.1 Å². The van der Waals surface area contributed by atoms with Crippen molar-refractivity contribution in [3.8, 4) is 0 Å². The Labute approximate surface area is 97.7 Å². The number of rotatable bonds is 5. The van der Waals surface area contributed by atoms with Gasteiger partial charge in [0.05, 0.1) is 6.42 Å². The van der Waals surface area contributed by atoms with Crippen molar-refractivity contribution in [1.82, 2.24) is 10.3 Å². The number of carbonyl (C=O) groups excluding carboxylic acids is 1. The second-order valence-electron chi connectivity index (χ2n) is 3.52. The van der Waals surface area contributed by atoms with Gasteiger partial charge in [0, 0.05) is 6.04 Å². The molecule has 1 rings (SSSR count). The van der Waals surface area contributed by atoms with Crippen molar-refractivity contribution in [2.24, 2.45) is 0 Å². The number of carboxylic acid groups (broad SMARTS) is 1. The van der Waals surface area contributed by atoms with Crippen LogP contribution >= 0.6 is 0 Å². The number of carbonyl (C=O) groups is 2. The average molecular weight is 240 g/mol. The molecule has 0 aliphatic carbocycles. The predicted octanol–water partition coefficient (Wildman–Crippen LogP) is 1.20. The van der Waals surface area contributed by atoms with Crippen LogP contribution in [0.5, 0.6) is 0 Å². The summed E-state index contributed by atoms with van der Waals surface area (Å²) in [7, 11) is 0. The van der Waals surface area contributed by atoms with E-state index in [1.807, 2.05) is 0 Å². The molecule has 2 N–H and O–H groups in total. The first-order chi connectivity index (χ1) is 8.02. The molecule has 0 aliphatic heterocycles. The van der Waals surface area contributed by atoms with E-state index in [0.717, 1.165) is 6.07 Å². The number of nitrogens with one attached hydrogen (secondary N) is 1. The highest BCUT2D eigenvalue weighted by Crippen LogP contribution is 2.02. The number of pyridine rings is 1. The van der Waals surface area contributed by atoms with Gasteiger partial charge in [-0.3, -0.25) is 9.59 Å². The molecule has 0 radical (unpaired) electrons. The smallest absolute Gasteiger partial charge is 0.305 e. The van der Waals surface area contributed by atoms with E-state index in [1.54, 1.807) is 6.92 Å². The first kappa shape index (κ1) is 13.1. The molecule has 1 atom stereocenters. The van der Waals surface area contributed by atoms with E-state index >= 15 is 0 Å². The van der Waals surface area contributed by atoms with Crippen molar-refractivity contribution in [2.45, 2.75) is 25.8 Å². The summed E-state index contributed by atoms with van der Waals surface area (Å²) in [4.78, 5) is 25.5. The highest BCUT2D eigenvalue weighted by atomic mass is 19.1. The number of halogens is 1. The van der Waals surface area contributed by atoms with Crippen LogP contribution < -0.4 is 5.32 Å². The molecule has 0 saturated carbocycles. The molecule has 1 heterocycles. The summed E-state index contributed by atoms with van der Waals surface area (Å²) in [5, 5.41) is 11.1. The van der Waals surface area contributed by atoms with Crippen molar-refractivity contribution in [3.63, 3.8) is 0 Å². The van der Waals surface area contributed by atoms with E-state index < -0.39 is 23.9 Å². The number of carboxylic acids is 1. The van der Waals surface area contributed by atoms with Crippen LogP contribution in [0.2, 0.25) is 0 Å². The van der Waals surface area contributed by atoms with Gasteiger partial charge in [-0.25, -0.2) is 4.98 Å². The minimum absolute atomic E-state index is 0.0613. The lowest BCUT2D eigenvalue weighted by atomic mass is 10.1. The molecule has 5 nitrogen and oxygen atoms in total. The van der Waals surface area contributed by atoms with E-state index in [2.05, 4.69) is 10.3 Å². The van der Waals surface area contributed by atoms with Crippen molar-refractivity contribution >= 4 is 11.9 Å². The zero-order valence-corrected chi connectivity index (χ0v) is 9.31. The minimum atomic E-state index is -0.996. The van der Waals surface area contributed by atoms with Gasteiger partial charge < -0.3 is 10.4 Å². The fourth-order valence-corrected chi connectivity index (χ4v) is 1.30. The SMILES string of the molecule is CCC(CC(=O)O)NC(=O)c1cccc(F)n1. The molecule has 17 heavy (non-hydrogen) atoms. The molecule has 0 fully saturated rings. The fraction of sp³-hybridized carbons (Fsp3) is 0.364. The lowest BCUT2D eigenvalue weighted by molar-refractivity contribution is -0.137. The molecular formula is C11H13FN2O3. The number of nitrogens with zero attached hydrogens (tertiary/aromatic N) is 1. The largest absolute Gasteiger partial charge is 0.481 e. The zero-order valence-electron chi connectivity index (χ0n) is 9.31. The quantitative estimate of drug-likeness (QED) is 0.758. The van der Waals surface area contributed by atoms with Gasteiger partial charge in [-0.05, 0) is 18.6 Å². The lowest BCUT2D eigenvalue weighted by Gasteiger charge is -2.14. The zero-order chi connectivity index (χ0) is 12.8. The third-order valence-electron chi connectivity index (χ3n) is 2.20.